The summed E-state index contributed by atoms with van der Waals surface area (Å²) in [5.74, 6) is -0.0660. The molecule has 0 spiro atoms. The van der Waals surface area contributed by atoms with Crippen LogP contribution in [0.3, 0.4) is 0 Å². The molecule has 0 saturated heterocycles. The highest BCUT2D eigenvalue weighted by Gasteiger charge is 2.32. The number of imidazole rings is 1. The first-order chi connectivity index (χ1) is 7.93. The summed E-state index contributed by atoms with van der Waals surface area (Å²) in [5.41, 5.74) is 5.64. The van der Waals surface area contributed by atoms with Crippen molar-refractivity contribution >= 4 is 17.7 Å². The lowest BCUT2D eigenvalue weighted by Gasteiger charge is -2.27. The van der Waals surface area contributed by atoms with Crippen molar-refractivity contribution in [1.29, 1.82) is 0 Å². The van der Waals surface area contributed by atoms with E-state index < -0.39 is 16.8 Å². The third kappa shape index (κ3) is 4.40. The van der Waals surface area contributed by atoms with Crippen LogP contribution in [-0.2, 0) is 11.3 Å². The summed E-state index contributed by atoms with van der Waals surface area (Å²) in [6.45, 7) is 4.63. The largest absolute Gasteiger partial charge is 0.480 e. The lowest BCUT2D eigenvalue weighted by molar-refractivity contribution is -0.139. The fraction of sp³-hybridized carbons (Fsp3) is 0.636. The molecule has 3 N–H and O–H groups in total. The van der Waals surface area contributed by atoms with Gasteiger partial charge in [-0.1, -0.05) is 0 Å². The van der Waals surface area contributed by atoms with Gasteiger partial charge in [0.25, 0.3) is 0 Å². The molecule has 17 heavy (non-hydrogen) atoms. The summed E-state index contributed by atoms with van der Waals surface area (Å²) in [5, 5.41) is 8.87. The molecule has 0 aromatic carbocycles. The van der Waals surface area contributed by atoms with E-state index in [0.29, 0.717) is 0 Å². The van der Waals surface area contributed by atoms with Crippen LogP contribution < -0.4 is 5.73 Å². The van der Waals surface area contributed by atoms with E-state index in [0.717, 1.165) is 18.7 Å². The van der Waals surface area contributed by atoms with Crippen molar-refractivity contribution in [3.8, 4) is 0 Å². The Kier molecular flexibility index (Phi) is 5.02. The van der Waals surface area contributed by atoms with Crippen molar-refractivity contribution < 1.29 is 9.90 Å². The van der Waals surface area contributed by atoms with Crippen LogP contribution in [0.25, 0.3) is 0 Å². The van der Waals surface area contributed by atoms with E-state index in [2.05, 4.69) is 4.98 Å². The van der Waals surface area contributed by atoms with Gasteiger partial charge in [0, 0.05) is 23.7 Å². The number of nitrogens with zero attached hydrogens (tertiary/aromatic N) is 2. The molecule has 0 radical (unpaired) electrons. The standard InChI is InChI=1S/C11H19N3O2S/c1-11(2,9(12)10(15)16)17-7-3-5-14-6-4-13-8-14/h4,6,8-9H,3,5,7,12H2,1-2H3,(H,15,16)/t9-/m0/s1. The van der Waals surface area contributed by atoms with Gasteiger partial charge in [0.1, 0.15) is 6.04 Å². The van der Waals surface area contributed by atoms with Gasteiger partial charge in [-0.2, -0.15) is 11.8 Å². The summed E-state index contributed by atoms with van der Waals surface area (Å²) < 4.78 is 1.56. The highest BCUT2D eigenvalue weighted by atomic mass is 32.2. The smallest absolute Gasteiger partial charge is 0.321 e. The fourth-order valence-electron chi connectivity index (χ4n) is 1.39. The molecule has 0 amide bonds. The molecule has 6 heteroatoms. The first-order valence-electron chi connectivity index (χ1n) is 5.51. The van der Waals surface area contributed by atoms with E-state index in [4.69, 9.17) is 10.8 Å². The molecular weight excluding hydrogens is 238 g/mol. The number of rotatable bonds is 7. The molecule has 1 atom stereocenters. The van der Waals surface area contributed by atoms with Crippen LogP contribution in [0.4, 0.5) is 0 Å². The van der Waals surface area contributed by atoms with Gasteiger partial charge in [0.2, 0.25) is 0 Å². The lowest BCUT2D eigenvalue weighted by Crippen LogP contribution is -2.46. The zero-order valence-electron chi connectivity index (χ0n) is 10.2. The molecular formula is C11H19N3O2S. The second-order valence-corrected chi connectivity index (χ2v) is 6.17. The molecule has 0 aliphatic heterocycles. The summed E-state index contributed by atoms with van der Waals surface area (Å²) in [7, 11) is 0. The third-order valence-electron chi connectivity index (χ3n) is 2.61. The summed E-state index contributed by atoms with van der Waals surface area (Å²) in [6.07, 6.45) is 6.41. The molecule has 0 aliphatic carbocycles. The van der Waals surface area contributed by atoms with Crippen molar-refractivity contribution in [2.45, 2.75) is 37.6 Å². The maximum Gasteiger partial charge on any atom is 0.321 e. The van der Waals surface area contributed by atoms with E-state index in [9.17, 15) is 4.79 Å². The SMILES string of the molecule is CC(C)(SCCCn1ccnc1)[C@@H](N)C(=O)O. The monoisotopic (exact) mass is 257 g/mol. The lowest BCUT2D eigenvalue weighted by atomic mass is 10.1. The van der Waals surface area contributed by atoms with E-state index in [-0.39, 0.29) is 0 Å². The molecule has 5 nitrogen and oxygen atoms in total. The highest BCUT2D eigenvalue weighted by Crippen LogP contribution is 2.28. The molecule has 1 aromatic rings. The maximum atomic E-state index is 10.8. The molecule has 0 aliphatic rings. The summed E-state index contributed by atoms with van der Waals surface area (Å²) in [4.78, 5) is 14.8. The Bertz CT molecular complexity index is 352. The number of carboxylic acids is 1. The minimum atomic E-state index is -0.947. The van der Waals surface area contributed by atoms with Crippen LogP contribution in [0.5, 0.6) is 0 Å². The van der Waals surface area contributed by atoms with Crippen molar-refractivity contribution in [1.82, 2.24) is 9.55 Å². The van der Waals surface area contributed by atoms with Crippen LogP contribution >= 0.6 is 11.8 Å². The van der Waals surface area contributed by atoms with Crippen LogP contribution in [0.15, 0.2) is 18.7 Å². The van der Waals surface area contributed by atoms with E-state index >= 15 is 0 Å². The molecule has 1 rings (SSSR count). The average molecular weight is 257 g/mol. The normalized spacial score (nSPS) is 13.6. The average Bonchev–Trinajstić information content (AvgIpc) is 2.76. The maximum absolute atomic E-state index is 10.8. The van der Waals surface area contributed by atoms with Gasteiger partial charge in [0.05, 0.1) is 6.33 Å². The van der Waals surface area contributed by atoms with Gasteiger partial charge in [-0.15, -0.1) is 0 Å². The number of aromatic nitrogens is 2. The number of nitrogens with two attached hydrogens (primary N) is 1. The second kappa shape index (κ2) is 6.07. The second-order valence-electron chi connectivity index (χ2n) is 4.42. The van der Waals surface area contributed by atoms with Gasteiger partial charge < -0.3 is 15.4 Å². The molecule has 0 fully saturated rings. The highest BCUT2D eigenvalue weighted by molar-refractivity contribution is 8.00. The van der Waals surface area contributed by atoms with Crippen LogP contribution in [0.2, 0.25) is 0 Å². The molecule has 1 aromatic heterocycles. The number of carboxylic acid groups (broad SMARTS) is 1. The Morgan fingerprint density at radius 1 is 1.65 bits per heavy atom. The Morgan fingerprint density at radius 2 is 2.35 bits per heavy atom. The van der Waals surface area contributed by atoms with Crippen LogP contribution in [0.1, 0.15) is 20.3 Å². The zero-order valence-corrected chi connectivity index (χ0v) is 11.0. The Morgan fingerprint density at radius 3 is 2.88 bits per heavy atom. The minimum Gasteiger partial charge on any atom is -0.480 e. The van der Waals surface area contributed by atoms with Crippen molar-refractivity contribution in [2.24, 2.45) is 5.73 Å². The minimum absolute atomic E-state index is 0.444. The molecule has 96 valence electrons. The predicted octanol–water partition coefficient (Wildman–Crippen LogP) is 1.20. The number of carbonyl (C=O) groups is 1. The molecule has 1 heterocycles. The molecule has 0 unspecified atom stereocenters. The van der Waals surface area contributed by atoms with Crippen molar-refractivity contribution in [2.75, 3.05) is 5.75 Å². The number of hydrogen-bond acceptors (Lipinski definition) is 4. The topological polar surface area (TPSA) is 81.1 Å². The quantitative estimate of drug-likeness (QED) is 0.717. The van der Waals surface area contributed by atoms with E-state index in [1.165, 1.54) is 0 Å². The van der Waals surface area contributed by atoms with E-state index in [1.54, 1.807) is 24.3 Å². The number of aryl methyl sites for hydroxylation is 1. The van der Waals surface area contributed by atoms with Gasteiger partial charge in [-0.3, -0.25) is 4.79 Å². The van der Waals surface area contributed by atoms with Gasteiger partial charge >= 0.3 is 5.97 Å². The Hall–Kier alpha value is -1.01. The van der Waals surface area contributed by atoms with Gasteiger partial charge in [-0.25, -0.2) is 4.98 Å². The number of hydrogen-bond donors (Lipinski definition) is 2. The first kappa shape index (κ1) is 14.1. The summed E-state index contributed by atoms with van der Waals surface area (Å²) in [6, 6.07) is -0.833. The van der Waals surface area contributed by atoms with Gasteiger partial charge in [-0.05, 0) is 26.0 Å². The Labute approximate surface area is 105 Å². The van der Waals surface area contributed by atoms with Crippen LogP contribution in [-0.4, -0.2) is 37.2 Å². The summed E-state index contributed by atoms with van der Waals surface area (Å²) >= 11 is 1.60. The van der Waals surface area contributed by atoms with Gasteiger partial charge in [0.15, 0.2) is 0 Å². The fourth-order valence-corrected chi connectivity index (χ4v) is 2.47. The third-order valence-corrected chi connectivity index (χ3v) is 4.10. The number of thioether (sulfide) groups is 1. The predicted molar refractivity (Wildman–Crippen MR) is 69.0 cm³/mol. The van der Waals surface area contributed by atoms with Crippen molar-refractivity contribution in [3.05, 3.63) is 18.7 Å². The zero-order chi connectivity index (χ0) is 12.9. The first-order valence-corrected chi connectivity index (χ1v) is 6.50. The molecule has 0 bridgehead atoms. The number of aliphatic carboxylic acids is 1. The van der Waals surface area contributed by atoms with Crippen molar-refractivity contribution in [3.63, 3.8) is 0 Å². The molecule has 0 saturated carbocycles. The Balaban J connectivity index is 2.27. The van der Waals surface area contributed by atoms with Crippen LogP contribution in [0, 0.1) is 0 Å². The van der Waals surface area contributed by atoms with E-state index in [1.807, 2.05) is 24.6 Å².